The fraction of sp³-hybridized carbons (Fsp3) is 0.0667. The topological polar surface area (TPSA) is 102 Å². The van der Waals surface area contributed by atoms with E-state index < -0.39 is 10.9 Å². The molecule has 0 aliphatic heterocycles. The van der Waals surface area contributed by atoms with Crippen LogP contribution >= 0.6 is 0 Å². The summed E-state index contributed by atoms with van der Waals surface area (Å²) in [5.74, 6) is -0.0435. The predicted molar refractivity (Wildman–Crippen MR) is 75.7 cm³/mol. The van der Waals surface area contributed by atoms with Crippen LogP contribution in [0.15, 0.2) is 42.5 Å². The SMILES string of the molecule is COC(=O)c1cccc(Oc2ccc([N+](=O)[O-])cc2C#N)c1. The molecule has 2 aromatic carbocycles. The fourth-order valence-electron chi connectivity index (χ4n) is 1.74. The smallest absolute Gasteiger partial charge is 0.337 e. The Kier molecular flexibility index (Phi) is 4.34. The zero-order valence-corrected chi connectivity index (χ0v) is 11.5. The van der Waals surface area contributed by atoms with E-state index in [1.807, 2.05) is 6.07 Å². The van der Waals surface area contributed by atoms with E-state index in [4.69, 9.17) is 10.00 Å². The molecular formula is C15H10N2O5. The number of nitriles is 1. The van der Waals surface area contributed by atoms with E-state index in [2.05, 4.69) is 4.74 Å². The van der Waals surface area contributed by atoms with Crippen LogP contribution in [0.25, 0.3) is 0 Å². The van der Waals surface area contributed by atoms with Crippen LogP contribution in [-0.2, 0) is 4.74 Å². The Balaban J connectivity index is 2.33. The number of hydrogen-bond donors (Lipinski definition) is 0. The van der Waals surface area contributed by atoms with E-state index in [1.54, 1.807) is 18.2 Å². The lowest BCUT2D eigenvalue weighted by Gasteiger charge is -2.08. The first-order chi connectivity index (χ1) is 10.5. The Morgan fingerprint density at radius 1 is 1.27 bits per heavy atom. The highest BCUT2D eigenvalue weighted by Gasteiger charge is 2.13. The van der Waals surface area contributed by atoms with E-state index in [-0.39, 0.29) is 17.0 Å². The van der Waals surface area contributed by atoms with Gasteiger partial charge in [0.25, 0.3) is 5.69 Å². The van der Waals surface area contributed by atoms with Crippen molar-refractivity contribution in [3.63, 3.8) is 0 Å². The number of nitro benzene ring substituents is 1. The molecule has 110 valence electrons. The lowest BCUT2D eigenvalue weighted by molar-refractivity contribution is -0.384. The number of hydrogen-bond acceptors (Lipinski definition) is 6. The third-order valence-corrected chi connectivity index (χ3v) is 2.78. The minimum absolute atomic E-state index is 0.0256. The van der Waals surface area contributed by atoms with Gasteiger partial charge in [-0.25, -0.2) is 4.79 Å². The standard InChI is InChI=1S/C15H10N2O5/c1-21-15(18)10-3-2-4-13(8-10)22-14-6-5-12(17(19)20)7-11(14)9-16/h2-8H,1H3. The maximum Gasteiger partial charge on any atom is 0.337 e. The molecule has 0 amide bonds. The van der Waals surface area contributed by atoms with Gasteiger partial charge in [0.15, 0.2) is 0 Å². The lowest BCUT2D eigenvalue weighted by atomic mass is 10.2. The summed E-state index contributed by atoms with van der Waals surface area (Å²) in [7, 11) is 1.26. The van der Waals surface area contributed by atoms with Crippen LogP contribution in [-0.4, -0.2) is 18.0 Å². The average molecular weight is 298 g/mol. The van der Waals surface area contributed by atoms with Gasteiger partial charge in [0.05, 0.1) is 17.6 Å². The van der Waals surface area contributed by atoms with Crippen LogP contribution in [0, 0.1) is 21.4 Å². The summed E-state index contributed by atoms with van der Waals surface area (Å²) >= 11 is 0. The van der Waals surface area contributed by atoms with Crippen LogP contribution in [0.4, 0.5) is 5.69 Å². The van der Waals surface area contributed by atoms with Crippen molar-refractivity contribution in [2.45, 2.75) is 0 Å². The minimum Gasteiger partial charge on any atom is -0.465 e. The molecule has 0 fully saturated rings. The Morgan fingerprint density at radius 3 is 2.68 bits per heavy atom. The van der Waals surface area contributed by atoms with Gasteiger partial charge in [-0.05, 0) is 24.3 Å². The number of nitrogens with zero attached hydrogens (tertiary/aromatic N) is 2. The van der Waals surface area contributed by atoms with E-state index in [0.29, 0.717) is 11.3 Å². The van der Waals surface area contributed by atoms with Crippen molar-refractivity contribution in [2.75, 3.05) is 7.11 Å². The quantitative estimate of drug-likeness (QED) is 0.488. The van der Waals surface area contributed by atoms with Gasteiger partial charge in [0, 0.05) is 12.1 Å². The first-order valence-corrected chi connectivity index (χ1v) is 6.10. The molecule has 7 heteroatoms. The van der Waals surface area contributed by atoms with Gasteiger partial charge in [-0.15, -0.1) is 0 Å². The molecule has 0 unspecified atom stereocenters. The zero-order valence-electron chi connectivity index (χ0n) is 11.5. The third-order valence-electron chi connectivity index (χ3n) is 2.78. The molecule has 0 spiro atoms. The molecule has 22 heavy (non-hydrogen) atoms. The third kappa shape index (κ3) is 3.19. The summed E-state index contributed by atoms with van der Waals surface area (Å²) in [6.45, 7) is 0. The number of rotatable bonds is 4. The second-order valence-corrected chi connectivity index (χ2v) is 4.17. The number of methoxy groups -OCH3 is 1. The van der Waals surface area contributed by atoms with Crippen molar-refractivity contribution in [1.29, 1.82) is 5.26 Å². The van der Waals surface area contributed by atoms with Crippen LogP contribution in [0.3, 0.4) is 0 Å². The number of non-ortho nitro benzene ring substituents is 1. The second-order valence-electron chi connectivity index (χ2n) is 4.17. The van der Waals surface area contributed by atoms with E-state index >= 15 is 0 Å². The molecule has 0 heterocycles. The minimum atomic E-state index is -0.595. The van der Waals surface area contributed by atoms with Gasteiger partial charge < -0.3 is 9.47 Å². The monoisotopic (exact) mass is 298 g/mol. The Bertz CT molecular complexity index is 780. The van der Waals surface area contributed by atoms with Crippen molar-refractivity contribution < 1.29 is 19.2 Å². The Hall–Kier alpha value is -3.40. The lowest BCUT2D eigenvalue weighted by Crippen LogP contribution is -2.01. The van der Waals surface area contributed by atoms with Crippen molar-refractivity contribution in [1.82, 2.24) is 0 Å². The van der Waals surface area contributed by atoms with Crippen LogP contribution < -0.4 is 4.74 Å². The van der Waals surface area contributed by atoms with Crippen molar-refractivity contribution in [3.8, 4) is 17.6 Å². The molecular weight excluding hydrogens is 288 g/mol. The highest BCUT2D eigenvalue weighted by Crippen LogP contribution is 2.28. The highest BCUT2D eigenvalue weighted by atomic mass is 16.6. The largest absolute Gasteiger partial charge is 0.465 e. The molecule has 0 saturated carbocycles. The van der Waals surface area contributed by atoms with Gasteiger partial charge in [0.2, 0.25) is 0 Å². The van der Waals surface area contributed by atoms with E-state index in [0.717, 1.165) is 6.07 Å². The van der Waals surface area contributed by atoms with Gasteiger partial charge in [-0.1, -0.05) is 6.07 Å². The molecule has 0 saturated heterocycles. The summed E-state index contributed by atoms with van der Waals surface area (Å²) in [6.07, 6.45) is 0. The van der Waals surface area contributed by atoms with Crippen LogP contribution in [0.1, 0.15) is 15.9 Å². The number of benzene rings is 2. The Labute approximate surface area is 125 Å². The molecule has 0 aromatic heterocycles. The number of esters is 1. The number of carbonyl (C=O) groups is 1. The van der Waals surface area contributed by atoms with E-state index in [9.17, 15) is 14.9 Å². The first kappa shape index (κ1) is 15.0. The van der Waals surface area contributed by atoms with Gasteiger partial charge in [0.1, 0.15) is 23.1 Å². The molecule has 0 radical (unpaired) electrons. The van der Waals surface area contributed by atoms with Crippen molar-refractivity contribution in [3.05, 3.63) is 63.7 Å². The van der Waals surface area contributed by atoms with Gasteiger partial charge >= 0.3 is 5.97 Å². The van der Waals surface area contributed by atoms with Crippen molar-refractivity contribution >= 4 is 11.7 Å². The van der Waals surface area contributed by atoms with Gasteiger partial charge in [-0.2, -0.15) is 5.26 Å². The maximum atomic E-state index is 11.5. The molecule has 0 bridgehead atoms. The molecule has 0 atom stereocenters. The summed E-state index contributed by atoms with van der Waals surface area (Å²) in [6, 6.07) is 11.7. The Morgan fingerprint density at radius 2 is 2.05 bits per heavy atom. The predicted octanol–water partition coefficient (Wildman–Crippen LogP) is 3.05. The summed E-state index contributed by atoms with van der Waals surface area (Å²) in [5.41, 5.74) is 0.116. The zero-order chi connectivity index (χ0) is 16.1. The normalized spacial score (nSPS) is 9.64. The average Bonchev–Trinajstić information content (AvgIpc) is 2.54. The fourth-order valence-corrected chi connectivity index (χ4v) is 1.74. The maximum absolute atomic E-state index is 11.5. The molecule has 0 N–H and O–H groups in total. The summed E-state index contributed by atoms with van der Waals surface area (Å²) in [4.78, 5) is 21.6. The number of ether oxygens (including phenoxy) is 2. The summed E-state index contributed by atoms with van der Waals surface area (Å²) < 4.78 is 10.1. The number of nitro groups is 1. The van der Waals surface area contributed by atoms with Gasteiger partial charge in [-0.3, -0.25) is 10.1 Å². The molecule has 2 rings (SSSR count). The van der Waals surface area contributed by atoms with Crippen LogP contribution in [0.2, 0.25) is 0 Å². The highest BCUT2D eigenvalue weighted by molar-refractivity contribution is 5.89. The van der Waals surface area contributed by atoms with E-state index in [1.165, 1.54) is 25.3 Å². The summed E-state index contributed by atoms with van der Waals surface area (Å²) in [5, 5.41) is 19.8. The van der Waals surface area contributed by atoms with Crippen LogP contribution in [0.5, 0.6) is 11.5 Å². The molecule has 0 aliphatic carbocycles. The number of carbonyl (C=O) groups excluding carboxylic acids is 1. The molecule has 7 nitrogen and oxygen atoms in total. The molecule has 2 aromatic rings. The first-order valence-electron chi connectivity index (χ1n) is 6.10. The second kappa shape index (κ2) is 6.37. The molecule has 0 aliphatic rings. The van der Waals surface area contributed by atoms with Crippen molar-refractivity contribution in [2.24, 2.45) is 0 Å².